The van der Waals surface area contributed by atoms with Crippen LogP contribution in [0.4, 0.5) is 0 Å². The first kappa shape index (κ1) is 14.7. The van der Waals surface area contributed by atoms with Gasteiger partial charge in [0.05, 0.1) is 19.9 Å². The number of nitrogens with zero attached hydrogens (tertiary/aromatic N) is 1. The Morgan fingerprint density at radius 1 is 1.60 bits per heavy atom. The van der Waals surface area contributed by atoms with Gasteiger partial charge in [-0.2, -0.15) is 11.3 Å². The van der Waals surface area contributed by atoms with Crippen LogP contribution in [0, 0.1) is 0 Å². The molecule has 0 amide bonds. The van der Waals surface area contributed by atoms with Crippen LogP contribution in [-0.2, 0) is 22.5 Å². The van der Waals surface area contributed by atoms with E-state index in [1.807, 2.05) is 16.8 Å². The van der Waals surface area contributed by atoms with E-state index in [2.05, 4.69) is 17.2 Å². The van der Waals surface area contributed by atoms with Crippen LogP contribution in [0.15, 0.2) is 27.4 Å². The van der Waals surface area contributed by atoms with Gasteiger partial charge in [0.1, 0.15) is 11.8 Å². The number of oxazole rings is 1. The molecule has 0 saturated heterocycles. The molecule has 2 aromatic rings. The van der Waals surface area contributed by atoms with Crippen molar-refractivity contribution in [2.45, 2.75) is 32.4 Å². The minimum absolute atomic E-state index is 0.309. The summed E-state index contributed by atoms with van der Waals surface area (Å²) in [5.74, 6) is 1.14. The summed E-state index contributed by atoms with van der Waals surface area (Å²) >= 11 is 1.54. The van der Waals surface area contributed by atoms with Crippen LogP contribution in [0.1, 0.15) is 36.6 Å². The molecule has 0 aromatic carbocycles. The predicted octanol–water partition coefficient (Wildman–Crippen LogP) is 2.69. The minimum atomic E-state index is -0.481. The fourth-order valence-corrected chi connectivity index (χ4v) is 2.54. The van der Waals surface area contributed by atoms with E-state index in [1.54, 1.807) is 17.5 Å². The standard InChI is InChI=1S/C14H18N2O3S/c1-3-4-12-15-7-11(19-12)8-16-13(14(17)18-2)10-5-6-20-9-10/h5-7,9,13,16H,3-4,8H2,1-2H3. The third kappa shape index (κ3) is 3.68. The molecule has 0 bridgehead atoms. The number of nitrogens with one attached hydrogen (secondary N) is 1. The molecule has 2 heterocycles. The summed E-state index contributed by atoms with van der Waals surface area (Å²) in [4.78, 5) is 16.0. The van der Waals surface area contributed by atoms with Crippen molar-refractivity contribution in [1.29, 1.82) is 0 Å². The Bertz CT molecular complexity index is 536. The Hall–Kier alpha value is -1.66. The Balaban J connectivity index is 1.99. The maximum absolute atomic E-state index is 11.8. The van der Waals surface area contributed by atoms with E-state index < -0.39 is 6.04 Å². The number of hydrogen-bond donors (Lipinski definition) is 1. The number of thiophene rings is 1. The molecule has 5 nitrogen and oxygen atoms in total. The molecule has 1 atom stereocenters. The number of ether oxygens (including phenoxy) is 1. The number of carbonyl (C=O) groups is 1. The highest BCUT2D eigenvalue weighted by molar-refractivity contribution is 7.08. The minimum Gasteiger partial charge on any atom is -0.468 e. The van der Waals surface area contributed by atoms with E-state index in [1.165, 1.54) is 7.11 Å². The van der Waals surface area contributed by atoms with Crippen molar-refractivity contribution in [3.05, 3.63) is 40.2 Å². The van der Waals surface area contributed by atoms with E-state index in [0.29, 0.717) is 6.54 Å². The van der Waals surface area contributed by atoms with Crippen LogP contribution >= 0.6 is 11.3 Å². The smallest absolute Gasteiger partial charge is 0.327 e. The largest absolute Gasteiger partial charge is 0.468 e. The number of methoxy groups -OCH3 is 1. The van der Waals surface area contributed by atoms with Gasteiger partial charge in [-0.1, -0.05) is 6.92 Å². The van der Waals surface area contributed by atoms with Crippen LogP contribution in [0.25, 0.3) is 0 Å². The Labute approximate surface area is 122 Å². The van der Waals surface area contributed by atoms with Gasteiger partial charge in [0.15, 0.2) is 5.89 Å². The van der Waals surface area contributed by atoms with E-state index in [-0.39, 0.29) is 5.97 Å². The third-order valence-electron chi connectivity index (χ3n) is 2.86. The summed E-state index contributed by atoms with van der Waals surface area (Å²) in [5, 5.41) is 7.00. The second-order valence-electron chi connectivity index (χ2n) is 4.36. The number of esters is 1. The van der Waals surface area contributed by atoms with Crippen molar-refractivity contribution in [3.63, 3.8) is 0 Å². The van der Waals surface area contributed by atoms with Crippen molar-refractivity contribution in [2.75, 3.05) is 7.11 Å². The Morgan fingerprint density at radius 3 is 3.10 bits per heavy atom. The van der Waals surface area contributed by atoms with Gasteiger partial charge in [-0.25, -0.2) is 9.78 Å². The van der Waals surface area contributed by atoms with E-state index >= 15 is 0 Å². The third-order valence-corrected chi connectivity index (χ3v) is 3.56. The molecule has 0 aliphatic heterocycles. The van der Waals surface area contributed by atoms with Gasteiger partial charge < -0.3 is 9.15 Å². The molecule has 1 N–H and O–H groups in total. The molecule has 0 spiro atoms. The lowest BCUT2D eigenvalue weighted by molar-refractivity contribution is -0.143. The predicted molar refractivity (Wildman–Crippen MR) is 76.4 cm³/mol. The second kappa shape index (κ2) is 7.21. The average molecular weight is 294 g/mol. The number of rotatable bonds is 7. The average Bonchev–Trinajstić information content (AvgIpc) is 3.11. The quantitative estimate of drug-likeness (QED) is 0.795. The SMILES string of the molecule is CCCc1ncc(CNC(C(=O)OC)c2ccsc2)o1. The molecule has 0 aliphatic carbocycles. The molecule has 0 fully saturated rings. The Morgan fingerprint density at radius 2 is 2.45 bits per heavy atom. The van der Waals surface area contributed by atoms with Crippen molar-refractivity contribution in [3.8, 4) is 0 Å². The number of aryl methyl sites for hydroxylation is 1. The monoisotopic (exact) mass is 294 g/mol. The fourth-order valence-electron chi connectivity index (χ4n) is 1.86. The number of hydrogen-bond acceptors (Lipinski definition) is 6. The van der Waals surface area contributed by atoms with Crippen LogP contribution in [0.3, 0.4) is 0 Å². The maximum Gasteiger partial charge on any atom is 0.327 e. The van der Waals surface area contributed by atoms with Gasteiger partial charge in [-0.15, -0.1) is 0 Å². The van der Waals surface area contributed by atoms with Crippen molar-refractivity contribution in [2.24, 2.45) is 0 Å². The zero-order valence-corrected chi connectivity index (χ0v) is 12.4. The highest BCUT2D eigenvalue weighted by atomic mass is 32.1. The zero-order valence-electron chi connectivity index (χ0n) is 11.6. The van der Waals surface area contributed by atoms with Gasteiger partial charge in [0.25, 0.3) is 0 Å². The van der Waals surface area contributed by atoms with Crippen LogP contribution in [-0.4, -0.2) is 18.1 Å². The van der Waals surface area contributed by atoms with Gasteiger partial charge in [-0.3, -0.25) is 5.32 Å². The van der Waals surface area contributed by atoms with Gasteiger partial charge in [0, 0.05) is 6.42 Å². The van der Waals surface area contributed by atoms with Crippen molar-refractivity contribution < 1.29 is 13.9 Å². The molecule has 2 rings (SSSR count). The normalized spacial score (nSPS) is 12.3. The van der Waals surface area contributed by atoms with Crippen LogP contribution < -0.4 is 5.32 Å². The molecule has 20 heavy (non-hydrogen) atoms. The molecule has 6 heteroatoms. The molecule has 2 aromatic heterocycles. The van der Waals surface area contributed by atoms with Crippen LogP contribution in [0.5, 0.6) is 0 Å². The molecule has 0 radical (unpaired) electrons. The lowest BCUT2D eigenvalue weighted by Crippen LogP contribution is -2.28. The van der Waals surface area contributed by atoms with E-state index in [9.17, 15) is 4.79 Å². The highest BCUT2D eigenvalue weighted by Crippen LogP contribution is 2.18. The van der Waals surface area contributed by atoms with Gasteiger partial charge in [-0.05, 0) is 28.8 Å². The summed E-state index contributed by atoms with van der Waals surface area (Å²) in [7, 11) is 1.39. The first-order valence-electron chi connectivity index (χ1n) is 6.51. The molecule has 1 unspecified atom stereocenters. The molecular formula is C14H18N2O3S. The number of aromatic nitrogens is 1. The second-order valence-corrected chi connectivity index (χ2v) is 5.14. The zero-order chi connectivity index (χ0) is 14.4. The molecule has 0 saturated carbocycles. The van der Waals surface area contributed by atoms with Crippen LogP contribution in [0.2, 0.25) is 0 Å². The van der Waals surface area contributed by atoms with Gasteiger partial charge in [0.2, 0.25) is 0 Å². The van der Waals surface area contributed by atoms with Crippen molar-refractivity contribution >= 4 is 17.3 Å². The highest BCUT2D eigenvalue weighted by Gasteiger charge is 2.21. The topological polar surface area (TPSA) is 64.4 Å². The first-order valence-corrected chi connectivity index (χ1v) is 7.45. The summed E-state index contributed by atoms with van der Waals surface area (Å²) < 4.78 is 10.4. The summed E-state index contributed by atoms with van der Waals surface area (Å²) in [6.45, 7) is 2.51. The molecule has 0 aliphatic rings. The van der Waals surface area contributed by atoms with E-state index in [4.69, 9.17) is 9.15 Å². The molecule has 108 valence electrons. The Kier molecular flexibility index (Phi) is 5.31. The first-order chi connectivity index (χ1) is 9.74. The summed E-state index contributed by atoms with van der Waals surface area (Å²) in [5.41, 5.74) is 0.898. The fraction of sp³-hybridized carbons (Fsp3) is 0.429. The van der Waals surface area contributed by atoms with E-state index in [0.717, 1.165) is 30.1 Å². The van der Waals surface area contributed by atoms with Crippen molar-refractivity contribution in [1.82, 2.24) is 10.3 Å². The van der Waals surface area contributed by atoms with Gasteiger partial charge >= 0.3 is 5.97 Å². The lowest BCUT2D eigenvalue weighted by atomic mass is 10.1. The summed E-state index contributed by atoms with van der Waals surface area (Å²) in [6, 6.07) is 1.42. The lowest BCUT2D eigenvalue weighted by Gasteiger charge is -2.14. The maximum atomic E-state index is 11.8. The number of carbonyl (C=O) groups excluding carboxylic acids is 1. The molecular weight excluding hydrogens is 276 g/mol. The summed E-state index contributed by atoms with van der Waals surface area (Å²) in [6.07, 6.45) is 3.51.